The summed E-state index contributed by atoms with van der Waals surface area (Å²) in [5.74, 6) is 0.784. The molecule has 0 fully saturated rings. The van der Waals surface area contributed by atoms with E-state index in [0.29, 0.717) is 5.69 Å². The number of halogens is 1. The van der Waals surface area contributed by atoms with Crippen LogP contribution in [0, 0.1) is 0 Å². The fourth-order valence-corrected chi connectivity index (χ4v) is 2.25. The van der Waals surface area contributed by atoms with Crippen molar-refractivity contribution in [3.8, 4) is 17.1 Å². The van der Waals surface area contributed by atoms with Crippen LogP contribution in [0.5, 0.6) is 0 Å². The van der Waals surface area contributed by atoms with Crippen LogP contribution in [0.3, 0.4) is 0 Å². The van der Waals surface area contributed by atoms with Gasteiger partial charge in [0.2, 0.25) is 0 Å². The van der Waals surface area contributed by atoms with Gasteiger partial charge in [-0.3, -0.25) is 4.57 Å². The first-order valence-corrected chi connectivity index (χ1v) is 6.56. The molecule has 0 aliphatic rings. The third-order valence-electron chi connectivity index (χ3n) is 2.84. The SMILES string of the molecule is Nc1ccc(-c2nncn2-c2ccccc2)cc1Br. The van der Waals surface area contributed by atoms with Gasteiger partial charge >= 0.3 is 0 Å². The number of anilines is 1. The third kappa shape index (κ3) is 2.24. The summed E-state index contributed by atoms with van der Waals surface area (Å²) in [6, 6.07) is 15.7. The van der Waals surface area contributed by atoms with Crippen molar-refractivity contribution in [1.82, 2.24) is 14.8 Å². The maximum atomic E-state index is 5.80. The Morgan fingerprint density at radius 3 is 2.58 bits per heavy atom. The van der Waals surface area contributed by atoms with Crippen molar-refractivity contribution in [2.75, 3.05) is 5.73 Å². The predicted octanol–water partition coefficient (Wildman–Crippen LogP) is 3.28. The van der Waals surface area contributed by atoms with Gasteiger partial charge in [-0.2, -0.15) is 0 Å². The summed E-state index contributed by atoms with van der Waals surface area (Å²) in [5, 5.41) is 8.18. The molecule has 94 valence electrons. The Hall–Kier alpha value is -2.14. The molecule has 2 aromatic carbocycles. The number of aromatic nitrogens is 3. The zero-order chi connectivity index (χ0) is 13.2. The van der Waals surface area contributed by atoms with E-state index >= 15 is 0 Å². The maximum Gasteiger partial charge on any atom is 0.168 e. The molecule has 19 heavy (non-hydrogen) atoms. The van der Waals surface area contributed by atoms with Crippen molar-refractivity contribution in [2.24, 2.45) is 0 Å². The smallest absolute Gasteiger partial charge is 0.168 e. The number of hydrogen-bond donors (Lipinski definition) is 1. The molecule has 0 radical (unpaired) electrons. The fourth-order valence-electron chi connectivity index (χ4n) is 1.88. The highest BCUT2D eigenvalue weighted by Crippen LogP contribution is 2.27. The van der Waals surface area contributed by atoms with E-state index in [0.717, 1.165) is 21.5 Å². The van der Waals surface area contributed by atoms with Gasteiger partial charge < -0.3 is 5.73 Å². The predicted molar refractivity (Wildman–Crippen MR) is 78.9 cm³/mol. The second-order valence-corrected chi connectivity index (χ2v) is 4.95. The Bertz CT molecular complexity index is 706. The van der Waals surface area contributed by atoms with Crippen LogP contribution in [-0.2, 0) is 0 Å². The number of nitrogen functional groups attached to an aromatic ring is 1. The Morgan fingerprint density at radius 1 is 1.05 bits per heavy atom. The number of rotatable bonds is 2. The molecule has 0 atom stereocenters. The van der Waals surface area contributed by atoms with Gasteiger partial charge in [0.15, 0.2) is 5.82 Å². The van der Waals surface area contributed by atoms with Gasteiger partial charge in [0, 0.05) is 21.4 Å². The zero-order valence-electron chi connectivity index (χ0n) is 9.99. The molecule has 2 N–H and O–H groups in total. The number of nitrogens with two attached hydrogens (primary N) is 1. The summed E-state index contributed by atoms with van der Waals surface area (Å²) < 4.78 is 2.80. The summed E-state index contributed by atoms with van der Waals surface area (Å²) in [7, 11) is 0. The molecule has 1 aromatic heterocycles. The summed E-state index contributed by atoms with van der Waals surface area (Å²) in [6.07, 6.45) is 1.70. The number of para-hydroxylation sites is 1. The van der Waals surface area contributed by atoms with Crippen molar-refractivity contribution in [3.63, 3.8) is 0 Å². The van der Waals surface area contributed by atoms with E-state index in [4.69, 9.17) is 5.73 Å². The van der Waals surface area contributed by atoms with Gasteiger partial charge in [-0.05, 0) is 46.3 Å². The lowest BCUT2D eigenvalue weighted by Crippen LogP contribution is -1.96. The molecule has 0 aliphatic heterocycles. The van der Waals surface area contributed by atoms with E-state index < -0.39 is 0 Å². The van der Waals surface area contributed by atoms with Crippen LogP contribution < -0.4 is 5.73 Å². The minimum atomic E-state index is 0.703. The second-order valence-electron chi connectivity index (χ2n) is 4.10. The second kappa shape index (κ2) is 4.85. The topological polar surface area (TPSA) is 56.7 Å². The maximum absolute atomic E-state index is 5.80. The lowest BCUT2D eigenvalue weighted by Gasteiger charge is -2.07. The zero-order valence-corrected chi connectivity index (χ0v) is 11.6. The van der Waals surface area contributed by atoms with Crippen LogP contribution in [-0.4, -0.2) is 14.8 Å². The van der Waals surface area contributed by atoms with E-state index in [1.165, 1.54) is 0 Å². The van der Waals surface area contributed by atoms with Gasteiger partial charge in [-0.1, -0.05) is 18.2 Å². The molecular formula is C14H11BrN4. The highest BCUT2D eigenvalue weighted by molar-refractivity contribution is 9.10. The van der Waals surface area contributed by atoms with E-state index in [2.05, 4.69) is 26.1 Å². The molecule has 5 heteroatoms. The summed E-state index contributed by atoms with van der Waals surface area (Å²) in [4.78, 5) is 0. The molecule has 0 spiro atoms. The highest BCUT2D eigenvalue weighted by atomic mass is 79.9. The lowest BCUT2D eigenvalue weighted by atomic mass is 10.2. The lowest BCUT2D eigenvalue weighted by molar-refractivity contribution is 1.06. The van der Waals surface area contributed by atoms with Gasteiger partial charge in [-0.25, -0.2) is 0 Å². The van der Waals surface area contributed by atoms with Crippen molar-refractivity contribution in [1.29, 1.82) is 0 Å². The van der Waals surface area contributed by atoms with Crippen molar-refractivity contribution >= 4 is 21.6 Å². The average Bonchev–Trinajstić information content (AvgIpc) is 2.92. The van der Waals surface area contributed by atoms with Crippen LogP contribution in [0.2, 0.25) is 0 Å². The van der Waals surface area contributed by atoms with Gasteiger partial charge in [0.05, 0.1) is 0 Å². The first-order chi connectivity index (χ1) is 9.25. The van der Waals surface area contributed by atoms with E-state index in [1.54, 1.807) is 6.33 Å². The largest absolute Gasteiger partial charge is 0.398 e. The summed E-state index contributed by atoms with van der Waals surface area (Å²) in [6.45, 7) is 0. The summed E-state index contributed by atoms with van der Waals surface area (Å²) >= 11 is 3.43. The van der Waals surface area contributed by atoms with Gasteiger partial charge in [0.1, 0.15) is 6.33 Å². The van der Waals surface area contributed by atoms with Crippen molar-refractivity contribution < 1.29 is 0 Å². The quantitative estimate of drug-likeness (QED) is 0.738. The number of hydrogen-bond acceptors (Lipinski definition) is 3. The first-order valence-electron chi connectivity index (χ1n) is 5.76. The van der Waals surface area contributed by atoms with Gasteiger partial charge in [0.25, 0.3) is 0 Å². The first kappa shape index (κ1) is 11.9. The molecule has 4 nitrogen and oxygen atoms in total. The minimum absolute atomic E-state index is 0.703. The molecule has 0 saturated heterocycles. The fraction of sp³-hybridized carbons (Fsp3) is 0. The van der Waals surface area contributed by atoms with Crippen LogP contribution in [0.15, 0.2) is 59.3 Å². The Morgan fingerprint density at radius 2 is 1.84 bits per heavy atom. The van der Waals surface area contributed by atoms with Gasteiger partial charge in [-0.15, -0.1) is 10.2 Å². The Kier molecular flexibility index (Phi) is 3.05. The average molecular weight is 315 g/mol. The van der Waals surface area contributed by atoms with Crippen molar-refractivity contribution in [3.05, 3.63) is 59.3 Å². The molecular weight excluding hydrogens is 304 g/mol. The molecule has 0 bridgehead atoms. The minimum Gasteiger partial charge on any atom is -0.398 e. The van der Waals surface area contributed by atoms with Crippen molar-refractivity contribution in [2.45, 2.75) is 0 Å². The molecule has 0 aliphatic carbocycles. The molecule has 0 amide bonds. The Balaban J connectivity index is 2.12. The monoisotopic (exact) mass is 314 g/mol. The normalized spacial score (nSPS) is 10.6. The molecule has 1 heterocycles. The standard InChI is InChI=1S/C14H11BrN4/c15-12-8-10(6-7-13(12)16)14-18-17-9-19(14)11-4-2-1-3-5-11/h1-9H,16H2. The molecule has 3 aromatic rings. The Labute approximate surface area is 119 Å². The van der Waals surface area contributed by atoms with E-state index in [-0.39, 0.29) is 0 Å². The van der Waals surface area contributed by atoms with Crippen LogP contribution >= 0.6 is 15.9 Å². The third-order valence-corrected chi connectivity index (χ3v) is 3.53. The molecule has 0 saturated carbocycles. The van der Waals surface area contributed by atoms with Crippen LogP contribution in [0.4, 0.5) is 5.69 Å². The number of benzene rings is 2. The van der Waals surface area contributed by atoms with E-state index in [9.17, 15) is 0 Å². The molecule has 3 rings (SSSR count). The van der Waals surface area contributed by atoms with Crippen LogP contribution in [0.25, 0.3) is 17.1 Å². The number of nitrogens with zero attached hydrogens (tertiary/aromatic N) is 3. The highest BCUT2D eigenvalue weighted by Gasteiger charge is 2.09. The summed E-state index contributed by atoms with van der Waals surface area (Å²) in [5.41, 5.74) is 8.49. The molecule has 0 unspecified atom stereocenters. The van der Waals surface area contributed by atoms with E-state index in [1.807, 2.05) is 53.1 Å². The van der Waals surface area contributed by atoms with Crippen LogP contribution in [0.1, 0.15) is 0 Å².